The van der Waals surface area contributed by atoms with Gasteiger partial charge >= 0.3 is 5.97 Å². The van der Waals surface area contributed by atoms with E-state index in [0.717, 1.165) is 0 Å². The van der Waals surface area contributed by atoms with E-state index in [1.54, 1.807) is 54.6 Å². The summed E-state index contributed by atoms with van der Waals surface area (Å²) in [6, 6.07) is 15.4. The molecule has 0 spiro atoms. The van der Waals surface area contributed by atoms with E-state index in [1.165, 1.54) is 0 Å². The summed E-state index contributed by atoms with van der Waals surface area (Å²) < 4.78 is 5.23. The number of halogens is 1. The van der Waals surface area contributed by atoms with Crippen molar-refractivity contribution >= 4 is 29.1 Å². The number of hydrogen-bond donors (Lipinski definition) is 0. The van der Waals surface area contributed by atoms with Crippen LogP contribution in [-0.2, 0) is 14.9 Å². The normalized spacial score (nSPS) is 15.2. The minimum Gasteiger partial charge on any atom is -0.464 e. The summed E-state index contributed by atoms with van der Waals surface area (Å²) in [4.78, 5) is 37.9. The van der Waals surface area contributed by atoms with Gasteiger partial charge in [-0.15, -0.1) is 11.6 Å². The number of rotatable bonds is 5. The monoisotopic (exact) mass is 342 g/mol. The van der Waals surface area contributed by atoms with Crippen LogP contribution in [0.4, 0.5) is 0 Å². The van der Waals surface area contributed by atoms with Crippen molar-refractivity contribution in [1.82, 2.24) is 0 Å². The third-order valence-electron chi connectivity index (χ3n) is 4.21. The van der Waals surface area contributed by atoms with Crippen LogP contribution in [0.3, 0.4) is 0 Å². The van der Waals surface area contributed by atoms with Gasteiger partial charge in [0, 0.05) is 17.0 Å². The number of carbonyl (C=O) groups is 3. The largest absolute Gasteiger partial charge is 0.464 e. The van der Waals surface area contributed by atoms with Crippen LogP contribution in [0.5, 0.6) is 0 Å². The van der Waals surface area contributed by atoms with E-state index in [1.807, 2.05) is 0 Å². The molecule has 0 bridgehead atoms. The van der Waals surface area contributed by atoms with Crippen molar-refractivity contribution in [1.29, 1.82) is 0 Å². The highest BCUT2D eigenvalue weighted by atomic mass is 35.5. The number of Topliss-reactive ketones (excluding diaryl/α,β-unsaturated/α-hetero) is 2. The van der Waals surface area contributed by atoms with Gasteiger partial charge in [-0.3, -0.25) is 14.4 Å². The molecular weight excluding hydrogens is 328 g/mol. The second-order valence-electron chi connectivity index (χ2n) is 5.57. The number of esters is 1. The smallest absolute Gasteiger partial charge is 0.307 e. The van der Waals surface area contributed by atoms with E-state index >= 15 is 0 Å². The van der Waals surface area contributed by atoms with Gasteiger partial charge in [0.15, 0.2) is 17.0 Å². The highest BCUT2D eigenvalue weighted by molar-refractivity contribution is 6.33. The van der Waals surface area contributed by atoms with Crippen molar-refractivity contribution in [2.75, 3.05) is 12.5 Å². The zero-order chi connectivity index (χ0) is 17.2. The Morgan fingerprint density at radius 1 is 0.917 bits per heavy atom. The molecule has 4 nitrogen and oxygen atoms in total. The van der Waals surface area contributed by atoms with Gasteiger partial charge in [-0.25, -0.2) is 0 Å². The number of hydrogen-bond acceptors (Lipinski definition) is 4. The number of ketones is 2. The molecule has 122 valence electrons. The van der Waals surface area contributed by atoms with Gasteiger partial charge in [-0.2, -0.15) is 0 Å². The van der Waals surface area contributed by atoms with Crippen LogP contribution < -0.4 is 0 Å². The van der Waals surface area contributed by atoms with E-state index in [0.29, 0.717) is 16.7 Å². The first-order chi connectivity index (χ1) is 11.6. The van der Waals surface area contributed by atoms with Crippen LogP contribution in [0.15, 0.2) is 54.6 Å². The predicted octanol–water partition coefficient (Wildman–Crippen LogP) is 3.18. The molecule has 0 aromatic heterocycles. The Hall–Kier alpha value is -2.46. The van der Waals surface area contributed by atoms with Gasteiger partial charge in [-0.05, 0) is 5.56 Å². The second kappa shape index (κ2) is 6.57. The van der Waals surface area contributed by atoms with Crippen molar-refractivity contribution in [2.45, 2.75) is 11.8 Å². The average molecular weight is 343 g/mol. The van der Waals surface area contributed by atoms with E-state index in [-0.39, 0.29) is 30.5 Å². The van der Waals surface area contributed by atoms with Crippen LogP contribution in [-0.4, -0.2) is 30.0 Å². The summed E-state index contributed by atoms with van der Waals surface area (Å²) in [5, 5.41) is 0. The predicted molar refractivity (Wildman–Crippen MR) is 89.5 cm³/mol. The molecule has 0 amide bonds. The summed E-state index contributed by atoms with van der Waals surface area (Å²) in [6.45, 7) is -0.320. The van der Waals surface area contributed by atoms with Gasteiger partial charge in [0.1, 0.15) is 6.61 Å². The minimum absolute atomic E-state index is 0.0295. The topological polar surface area (TPSA) is 60.4 Å². The first-order valence-electron chi connectivity index (χ1n) is 7.57. The third kappa shape index (κ3) is 2.53. The maximum Gasteiger partial charge on any atom is 0.307 e. The van der Waals surface area contributed by atoms with Crippen molar-refractivity contribution in [3.63, 3.8) is 0 Å². The summed E-state index contributed by atoms with van der Waals surface area (Å²) in [7, 11) is 0. The summed E-state index contributed by atoms with van der Waals surface area (Å²) in [5.41, 5.74) is -0.276. The number of ether oxygens (including phenoxy) is 1. The number of carbonyl (C=O) groups excluding carboxylic acids is 3. The van der Waals surface area contributed by atoms with Crippen LogP contribution in [0.1, 0.15) is 32.7 Å². The highest BCUT2D eigenvalue weighted by Gasteiger charge is 2.55. The highest BCUT2D eigenvalue weighted by Crippen LogP contribution is 2.40. The lowest BCUT2D eigenvalue weighted by molar-refractivity contribution is -0.144. The van der Waals surface area contributed by atoms with Crippen molar-refractivity contribution in [3.05, 3.63) is 71.3 Å². The summed E-state index contributed by atoms with van der Waals surface area (Å²) in [5.74, 6) is -1.09. The average Bonchev–Trinajstić information content (AvgIpc) is 2.83. The number of fused-ring (bicyclic) bond motifs is 1. The Balaban J connectivity index is 2.06. The summed E-state index contributed by atoms with van der Waals surface area (Å²) in [6.07, 6.45) is 0.0295. The van der Waals surface area contributed by atoms with E-state index < -0.39 is 11.4 Å². The standard InChI is InChI=1S/C19H15ClO4/c20-11-10-16(21)24-12-19(13-6-2-1-3-7-13)17(22)14-8-4-5-9-15(14)18(19)23/h1-9H,10-12H2. The van der Waals surface area contributed by atoms with E-state index in [2.05, 4.69) is 0 Å². The Labute approximate surface area is 144 Å². The Morgan fingerprint density at radius 2 is 1.46 bits per heavy atom. The Bertz CT molecular complexity index is 763. The number of alkyl halides is 1. The SMILES string of the molecule is O=C(CCCl)OCC1(c2ccccc2)C(=O)c2ccccc2C1=O. The lowest BCUT2D eigenvalue weighted by atomic mass is 9.76. The van der Waals surface area contributed by atoms with Crippen LogP contribution in [0, 0.1) is 0 Å². The Morgan fingerprint density at radius 3 is 2.00 bits per heavy atom. The van der Waals surface area contributed by atoms with E-state index in [9.17, 15) is 14.4 Å². The fraction of sp³-hybridized carbons (Fsp3) is 0.211. The molecule has 24 heavy (non-hydrogen) atoms. The van der Waals surface area contributed by atoms with E-state index in [4.69, 9.17) is 16.3 Å². The molecular formula is C19H15ClO4. The minimum atomic E-state index is -1.52. The van der Waals surface area contributed by atoms with Crippen molar-refractivity contribution in [2.24, 2.45) is 0 Å². The molecule has 0 aliphatic heterocycles. The molecule has 0 saturated heterocycles. The Kier molecular flexibility index (Phi) is 4.49. The summed E-state index contributed by atoms with van der Waals surface area (Å²) >= 11 is 5.54. The molecule has 0 heterocycles. The molecule has 0 radical (unpaired) electrons. The van der Waals surface area contributed by atoms with Crippen LogP contribution >= 0.6 is 11.6 Å². The first-order valence-corrected chi connectivity index (χ1v) is 8.10. The number of benzene rings is 2. The molecule has 1 aliphatic carbocycles. The molecule has 0 unspecified atom stereocenters. The molecule has 3 rings (SSSR count). The molecule has 0 fully saturated rings. The lowest BCUT2D eigenvalue weighted by Gasteiger charge is -2.26. The quantitative estimate of drug-likeness (QED) is 0.475. The molecule has 2 aromatic carbocycles. The fourth-order valence-corrected chi connectivity index (χ4v) is 3.13. The lowest BCUT2D eigenvalue weighted by Crippen LogP contribution is -2.43. The third-order valence-corrected chi connectivity index (χ3v) is 4.40. The molecule has 0 saturated carbocycles. The van der Waals surface area contributed by atoms with Gasteiger partial charge in [-0.1, -0.05) is 54.6 Å². The molecule has 0 atom stereocenters. The van der Waals surface area contributed by atoms with Gasteiger partial charge in [0.05, 0.1) is 6.42 Å². The van der Waals surface area contributed by atoms with Crippen molar-refractivity contribution in [3.8, 4) is 0 Å². The zero-order valence-electron chi connectivity index (χ0n) is 12.8. The molecule has 0 N–H and O–H groups in total. The zero-order valence-corrected chi connectivity index (χ0v) is 13.6. The van der Waals surface area contributed by atoms with Gasteiger partial charge in [0.2, 0.25) is 0 Å². The fourth-order valence-electron chi connectivity index (χ4n) is 2.98. The van der Waals surface area contributed by atoms with Crippen molar-refractivity contribution < 1.29 is 19.1 Å². The van der Waals surface area contributed by atoms with Crippen LogP contribution in [0.25, 0.3) is 0 Å². The second-order valence-corrected chi connectivity index (χ2v) is 5.95. The first kappa shape index (κ1) is 16.4. The van der Waals surface area contributed by atoms with Gasteiger partial charge in [0.25, 0.3) is 0 Å². The van der Waals surface area contributed by atoms with Gasteiger partial charge < -0.3 is 4.74 Å². The van der Waals surface area contributed by atoms with Crippen LogP contribution in [0.2, 0.25) is 0 Å². The molecule has 5 heteroatoms. The molecule has 2 aromatic rings. The maximum absolute atomic E-state index is 13.1. The molecule has 1 aliphatic rings. The maximum atomic E-state index is 13.1.